The van der Waals surface area contributed by atoms with Crippen molar-refractivity contribution in [3.63, 3.8) is 0 Å². The van der Waals surface area contributed by atoms with Crippen LogP contribution in [0.25, 0.3) is 11.3 Å². The molecule has 1 aliphatic heterocycles. The molecule has 0 bridgehead atoms. The number of aryl methyl sites for hydroxylation is 1. The number of nitrogens with zero attached hydrogens (tertiary/aromatic N) is 2. The lowest BCUT2D eigenvalue weighted by Gasteiger charge is -2.28. The van der Waals surface area contributed by atoms with Crippen molar-refractivity contribution in [2.24, 2.45) is 0 Å². The molecule has 11 heteroatoms. The summed E-state index contributed by atoms with van der Waals surface area (Å²) in [5.41, 5.74) is -0.278. The van der Waals surface area contributed by atoms with Gasteiger partial charge in [0.25, 0.3) is 11.8 Å². The quantitative estimate of drug-likeness (QED) is 0.571. The minimum Gasteiger partial charge on any atom is -0.461 e. The van der Waals surface area contributed by atoms with Crippen molar-refractivity contribution in [2.75, 3.05) is 18.4 Å². The van der Waals surface area contributed by atoms with Gasteiger partial charge in [-0.1, -0.05) is 12.1 Å². The third-order valence-electron chi connectivity index (χ3n) is 5.33. The number of amides is 2. The van der Waals surface area contributed by atoms with E-state index in [0.29, 0.717) is 25.9 Å². The van der Waals surface area contributed by atoms with Crippen LogP contribution in [0.15, 0.2) is 40.1 Å². The van der Waals surface area contributed by atoms with Crippen LogP contribution in [0.3, 0.4) is 0 Å². The monoisotopic (exact) mass is 479 g/mol. The molecule has 0 radical (unpaired) electrons. The number of likely N-dealkylation sites (tertiary alicyclic amines) is 1. The second-order valence-electron chi connectivity index (χ2n) is 7.67. The molecular weight excluding hydrogens is 459 g/mol. The molecule has 174 valence electrons. The number of aromatic nitrogens is 1. The summed E-state index contributed by atoms with van der Waals surface area (Å²) >= 11 is 1.08. The molecule has 2 aromatic heterocycles. The van der Waals surface area contributed by atoms with Crippen LogP contribution < -0.4 is 5.32 Å². The van der Waals surface area contributed by atoms with Gasteiger partial charge >= 0.3 is 6.18 Å². The van der Waals surface area contributed by atoms with Crippen molar-refractivity contribution in [1.29, 1.82) is 0 Å². The van der Waals surface area contributed by atoms with E-state index in [9.17, 15) is 27.9 Å². The molecule has 4 rings (SSSR count). The zero-order valence-corrected chi connectivity index (χ0v) is 18.3. The summed E-state index contributed by atoms with van der Waals surface area (Å²) in [6.45, 7) is 2.41. The summed E-state index contributed by atoms with van der Waals surface area (Å²) < 4.78 is 44.5. The van der Waals surface area contributed by atoms with Crippen molar-refractivity contribution >= 4 is 28.3 Å². The van der Waals surface area contributed by atoms with Gasteiger partial charge in [0.1, 0.15) is 17.2 Å². The summed E-state index contributed by atoms with van der Waals surface area (Å²) in [6.07, 6.45) is -3.88. The average molecular weight is 479 g/mol. The Morgan fingerprint density at radius 3 is 2.67 bits per heavy atom. The Balaban J connectivity index is 1.47. The maximum atomic E-state index is 13.0. The number of hydrogen-bond acceptors (Lipinski definition) is 6. The van der Waals surface area contributed by atoms with Gasteiger partial charge in [-0.3, -0.25) is 14.9 Å². The van der Waals surface area contributed by atoms with Crippen molar-refractivity contribution in [3.8, 4) is 11.3 Å². The number of anilines is 1. The second kappa shape index (κ2) is 8.99. The van der Waals surface area contributed by atoms with Crippen molar-refractivity contribution < 1.29 is 32.3 Å². The van der Waals surface area contributed by atoms with Crippen LogP contribution in [0.1, 0.15) is 45.0 Å². The number of piperidine rings is 1. The molecule has 2 N–H and O–H groups in total. The molecule has 2 amide bonds. The smallest absolute Gasteiger partial charge is 0.416 e. The van der Waals surface area contributed by atoms with E-state index < -0.39 is 23.8 Å². The lowest BCUT2D eigenvalue weighted by molar-refractivity contribution is -0.137. The number of carbonyl (C=O) groups excluding carboxylic acids is 2. The average Bonchev–Trinajstić information content (AvgIpc) is 3.40. The van der Waals surface area contributed by atoms with Crippen molar-refractivity contribution in [2.45, 2.75) is 32.0 Å². The van der Waals surface area contributed by atoms with Crippen LogP contribution in [0.2, 0.25) is 0 Å². The van der Waals surface area contributed by atoms with Gasteiger partial charge in [-0.25, -0.2) is 4.98 Å². The normalized spacial score (nSPS) is 15.0. The number of benzene rings is 1. The number of thiazole rings is 1. The molecule has 7 nitrogen and oxygen atoms in total. The minimum absolute atomic E-state index is 0.131. The molecule has 1 aliphatic rings. The van der Waals surface area contributed by atoms with Gasteiger partial charge < -0.3 is 14.4 Å². The second-order valence-corrected chi connectivity index (χ2v) is 8.53. The van der Waals surface area contributed by atoms with Crippen LogP contribution in [-0.2, 0) is 6.18 Å². The van der Waals surface area contributed by atoms with Gasteiger partial charge in [0.05, 0.1) is 17.2 Å². The first-order valence-electron chi connectivity index (χ1n) is 10.1. The van der Waals surface area contributed by atoms with Crippen LogP contribution in [-0.4, -0.2) is 46.0 Å². The van der Waals surface area contributed by atoms with E-state index in [1.807, 2.05) is 0 Å². The summed E-state index contributed by atoms with van der Waals surface area (Å²) in [5.74, 6) is -0.459. The molecule has 3 heterocycles. The van der Waals surface area contributed by atoms with Gasteiger partial charge in [0.15, 0.2) is 5.13 Å². The van der Waals surface area contributed by atoms with Crippen LogP contribution in [0.4, 0.5) is 18.3 Å². The van der Waals surface area contributed by atoms with E-state index in [2.05, 4.69) is 10.3 Å². The highest BCUT2D eigenvalue weighted by molar-refractivity contribution is 7.14. The molecule has 0 spiro atoms. The van der Waals surface area contributed by atoms with E-state index in [1.165, 1.54) is 25.1 Å². The lowest BCUT2D eigenvalue weighted by atomic mass is 10.1. The van der Waals surface area contributed by atoms with Gasteiger partial charge in [0.2, 0.25) is 0 Å². The van der Waals surface area contributed by atoms with Crippen molar-refractivity contribution in [1.82, 2.24) is 9.88 Å². The highest BCUT2D eigenvalue weighted by Gasteiger charge is 2.31. The summed E-state index contributed by atoms with van der Waals surface area (Å²) in [6, 6.07) is 6.03. The minimum atomic E-state index is -4.49. The van der Waals surface area contributed by atoms with E-state index >= 15 is 0 Å². The fraction of sp³-hybridized carbons (Fsp3) is 0.318. The number of carbonyl (C=O) groups is 2. The van der Waals surface area contributed by atoms with Crippen LogP contribution >= 0.6 is 11.3 Å². The molecule has 0 atom stereocenters. The van der Waals surface area contributed by atoms with Gasteiger partial charge in [-0.05, 0) is 38.0 Å². The van der Waals surface area contributed by atoms with E-state index in [0.717, 1.165) is 23.5 Å². The third-order valence-corrected chi connectivity index (χ3v) is 6.09. The molecule has 1 aromatic carbocycles. The highest BCUT2D eigenvalue weighted by Crippen LogP contribution is 2.33. The number of halogens is 3. The van der Waals surface area contributed by atoms with Crippen LogP contribution in [0, 0.1) is 6.92 Å². The SMILES string of the molecule is Cc1oc(-c2cccc(C(F)(F)F)c2)cc1C(=O)Nc1nc(C(=O)N2CCC(O)CC2)cs1. The number of rotatable bonds is 4. The molecule has 0 unspecified atom stereocenters. The number of aliphatic hydroxyl groups excluding tert-OH is 1. The molecule has 0 aliphatic carbocycles. The van der Waals surface area contributed by atoms with Crippen molar-refractivity contribution in [3.05, 3.63) is 58.3 Å². The molecule has 33 heavy (non-hydrogen) atoms. The maximum absolute atomic E-state index is 13.0. The predicted octanol–water partition coefficient (Wildman–Crippen LogP) is 4.58. The maximum Gasteiger partial charge on any atom is 0.416 e. The summed E-state index contributed by atoms with van der Waals surface area (Å²) in [7, 11) is 0. The first-order valence-corrected chi connectivity index (χ1v) is 11.0. The zero-order valence-electron chi connectivity index (χ0n) is 17.5. The van der Waals surface area contributed by atoms with E-state index in [-0.39, 0.29) is 39.4 Å². The summed E-state index contributed by atoms with van der Waals surface area (Å²) in [4.78, 5) is 31.1. The Morgan fingerprint density at radius 1 is 1.24 bits per heavy atom. The zero-order chi connectivity index (χ0) is 23.8. The van der Waals surface area contributed by atoms with Crippen LogP contribution in [0.5, 0.6) is 0 Å². The molecular formula is C22H20F3N3O4S. The predicted molar refractivity (Wildman–Crippen MR) is 115 cm³/mol. The number of alkyl halides is 3. The topological polar surface area (TPSA) is 95.7 Å². The fourth-order valence-electron chi connectivity index (χ4n) is 3.52. The van der Waals surface area contributed by atoms with Gasteiger partial charge in [0, 0.05) is 24.0 Å². The Morgan fingerprint density at radius 2 is 1.97 bits per heavy atom. The molecule has 1 saturated heterocycles. The Labute approximate surface area is 190 Å². The lowest BCUT2D eigenvalue weighted by Crippen LogP contribution is -2.40. The molecule has 0 saturated carbocycles. The molecule has 3 aromatic rings. The number of aliphatic hydroxyl groups is 1. The van der Waals surface area contributed by atoms with Gasteiger partial charge in [-0.15, -0.1) is 11.3 Å². The van der Waals surface area contributed by atoms with E-state index in [4.69, 9.17) is 4.42 Å². The van der Waals surface area contributed by atoms with E-state index in [1.54, 1.807) is 10.3 Å². The number of furan rings is 1. The highest BCUT2D eigenvalue weighted by atomic mass is 32.1. The fourth-order valence-corrected chi connectivity index (χ4v) is 4.20. The standard InChI is InChI=1S/C22H20F3N3O4S/c1-12-16(10-18(32-12)13-3-2-4-14(9-13)22(23,24)25)19(30)27-21-26-17(11-33-21)20(31)28-7-5-15(29)6-8-28/h2-4,9-11,15,29H,5-8H2,1H3,(H,26,27,30). The van der Waals surface area contributed by atoms with Gasteiger partial charge in [-0.2, -0.15) is 13.2 Å². The Bertz CT molecular complexity index is 1180. The Hall–Kier alpha value is -3.18. The first-order chi connectivity index (χ1) is 15.6. The largest absolute Gasteiger partial charge is 0.461 e. The first kappa shape index (κ1) is 23.0. The number of hydrogen-bond donors (Lipinski definition) is 2. The molecule has 1 fully saturated rings. The Kier molecular flexibility index (Phi) is 6.26. The third kappa shape index (κ3) is 5.09. The number of nitrogens with one attached hydrogen (secondary N) is 1. The summed E-state index contributed by atoms with van der Waals surface area (Å²) in [5, 5.41) is 13.9.